The average Bonchev–Trinajstić information content (AvgIpc) is 2.32. The predicted molar refractivity (Wildman–Crippen MR) is 67.4 cm³/mol. The van der Waals surface area contributed by atoms with Crippen LogP contribution in [-0.4, -0.2) is 22.9 Å². The van der Waals surface area contributed by atoms with Crippen LogP contribution in [0.2, 0.25) is 0 Å². The highest BCUT2D eigenvalue weighted by atomic mass is 16.5. The average molecular weight is 239 g/mol. The van der Waals surface area contributed by atoms with Gasteiger partial charge in [0.2, 0.25) is 0 Å². The summed E-state index contributed by atoms with van der Waals surface area (Å²) in [5.41, 5.74) is -0.652. The minimum atomic E-state index is -0.652. The van der Waals surface area contributed by atoms with Crippen LogP contribution in [0.15, 0.2) is 0 Å². The zero-order chi connectivity index (χ0) is 12.9. The molecule has 0 aromatic carbocycles. The first kappa shape index (κ1) is 14.5. The molecule has 2 atom stereocenters. The lowest BCUT2D eigenvalue weighted by molar-refractivity contribution is -0.114. The van der Waals surface area contributed by atoms with Gasteiger partial charge in [0.05, 0.1) is 18.3 Å². The van der Waals surface area contributed by atoms with Gasteiger partial charge in [0.1, 0.15) is 0 Å². The number of ether oxygens (including phenoxy) is 1. The summed E-state index contributed by atoms with van der Waals surface area (Å²) in [4.78, 5) is 0. The molecule has 0 aliphatic heterocycles. The molecular formula is C14H25NO2. The number of nitriles is 1. The lowest BCUT2D eigenvalue weighted by Crippen LogP contribution is -2.41. The molecule has 98 valence electrons. The van der Waals surface area contributed by atoms with Crippen LogP contribution < -0.4 is 0 Å². The Kier molecular flexibility index (Phi) is 5.42. The van der Waals surface area contributed by atoms with Crippen LogP contribution in [0.5, 0.6) is 0 Å². The lowest BCUT2D eigenvalue weighted by atomic mass is 9.77. The molecule has 0 amide bonds. The van der Waals surface area contributed by atoms with E-state index in [0.717, 1.165) is 31.6 Å². The van der Waals surface area contributed by atoms with Crippen molar-refractivity contribution < 1.29 is 9.84 Å². The minimum Gasteiger partial charge on any atom is -0.391 e. The van der Waals surface area contributed by atoms with E-state index < -0.39 is 11.7 Å². The predicted octanol–water partition coefficient (Wildman–Crippen LogP) is 3.02. The van der Waals surface area contributed by atoms with Crippen LogP contribution in [0.3, 0.4) is 0 Å². The number of rotatable bonds is 5. The molecule has 1 fully saturated rings. The molecule has 0 aromatic rings. The molecule has 1 rings (SSSR count). The Labute approximate surface area is 105 Å². The maximum atomic E-state index is 9.46. The third-order valence-electron chi connectivity index (χ3n) is 3.90. The van der Waals surface area contributed by atoms with Crippen molar-refractivity contribution >= 4 is 0 Å². The second kappa shape index (κ2) is 6.37. The molecule has 17 heavy (non-hydrogen) atoms. The maximum Gasteiger partial charge on any atom is 0.154 e. The topological polar surface area (TPSA) is 53.2 Å². The van der Waals surface area contributed by atoms with Crippen LogP contribution in [0.25, 0.3) is 0 Å². The Hall–Kier alpha value is -0.590. The fraction of sp³-hybridized carbons (Fsp3) is 0.929. The first-order chi connectivity index (χ1) is 8.03. The summed E-state index contributed by atoms with van der Waals surface area (Å²) < 4.78 is 5.80. The molecule has 1 aliphatic rings. The Morgan fingerprint density at radius 3 is 2.41 bits per heavy atom. The van der Waals surface area contributed by atoms with Crippen molar-refractivity contribution in [2.24, 2.45) is 5.92 Å². The van der Waals surface area contributed by atoms with Gasteiger partial charge < -0.3 is 9.84 Å². The van der Waals surface area contributed by atoms with E-state index in [4.69, 9.17) is 4.74 Å². The van der Waals surface area contributed by atoms with Gasteiger partial charge in [-0.2, -0.15) is 5.26 Å². The first-order valence-corrected chi connectivity index (χ1v) is 6.80. The van der Waals surface area contributed by atoms with Gasteiger partial charge in [-0.1, -0.05) is 19.8 Å². The van der Waals surface area contributed by atoms with Gasteiger partial charge in [0, 0.05) is 0 Å². The molecule has 1 N–H and O–H groups in total. The molecule has 1 saturated carbocycles. The summed E-state index contributed by atoms with van der Waals surface area (Å²) in [7, 11) is 0. The molecule has 0 heterocycles. The summed E-state index contributed by atoms with van der Waals surface area (Å²) in [6.45, 7) is 5.75. The highest BCUT2D eigenvalue weighted by Crippen LogP contribution is 2.37. The molecule has 0 aromatic heterocycles. The van der Waals surface area contributed by atoms with E-state index in [1.54, 1.807) is 6.92 Å². The fourth-order valence-electron chi connectivity index (χ4n) is 2.55. The van der Waals surface area contributed by atoms with E-state index in [1.165, 1.54) is 12.8 Å². The Balaban J connectivity index is 2.53. The molecular weight excluding hydrogens is 214 g/mol. The van der Waals surface area contributed by atoms with Crippen LogP contribution in [0.4, 0.5) is 0 Å². The summed E-state index contributed by atoms with van der Waals surface area (Å²) in [5, 5.41) is 18.8. The maximum absolute atomic E-state index is 9.46. The van der Waals surface area contributed by atoms with Gasteiger partial charge in [-0.25, -0.2) is 0 Å². The smallest absolute Gasteiger partial charge is 0.154 e. The van der Waals surface area contributed by atoms with Crippen LogP contribution >= 0.6 is 0 Å². The van der Waals surface area contributed by atoms with Crippen molar-refractivity contribution in [3.05, 3.63) is 0 Å². The molecule has 3 heteroatoms. The van der Waals surface area contributed by atoms with E-state index in [9.17, 15) is 10.4 Å². The number of hydrogen-bond donors (Lipinski definition) is 1. The molecule has 0 saturated heterocycles. The van der Waals surface area contributed by atoms with E-state index in [2.05, 4.69) is 13.0 Å². The highest BCUT2D eigenvalue weighted by molar-refractivity contribution is 5.05. The van der Waals surface area contributed by atoms with Crippen molar-refractivity contribution in [3.8, 4) is 6.07 Å². The van der Waals surface area contributed by atoms with Gasteiger partial charge >= 0.3 is 0 Å². The standard InChI is InChI=1S/C14H25NO2/c1-4-5-13-6-8-14(10-15,9-7-13)17-12(3)11(2)16/h11-13,16H,4-9H2,1-3H3. The quantitative estimate of drug-likeness (QED) is 0.802. The molecule has 3 nitrogen and oxygen atoms in total. The highest BCUT2D eigenvalue weighted by Gasteiger charge is 2.38. The van der Waals surface area contributed by atoms with Crippen molar-refractivity contribution in [2.75, 3.05) is 0 Å². The van der Waals surface area contributed by atoms with Crippen LogP contribution in [-0.2, 0) is 4.74 Å². The molecule has 0 spiro atoms. The van der Waals surface area contributed by atoms with E-state index in [0.29, 0.717) is 0 Å². The van der Waals surface area contributed by atoms with Crippen LogP contribution in [0, 0.1) is 17.2 Å². The minimum absolute atomic E-state index is 0.266. The summed E-state index contributed by atoms with van der Waals surface area (Å²) >= 11 is 0. The van der Waals surface area contributed by atoms with Crippen molar-refractivity contribution in [2.45, 2.75) is 77.1 Å². The van der Waals surface area contributed by atoms with Gasteiger partial charge in [-0.3, -0.25) is 0 Å². The number of aliphatic hydroxyl groups excluding tert-OH is 1. The second-order valence-electron chi connectivity index (χ2n) is 5.40. The van der Waals surface area contributed by atoms with E-state index >= 15 is 0 Å². The zero-order valence-electron chi connectivity index (χ0n) is 11.3. The largest absolute Gasteiger partial charge is 0.391 e. The zero-order valence-corrected chi connectivity index (χ0v) is 11.3. The van der Waals surface area contributed by atoms with Crippen molar-refractivity contribution in [3.63, 3.8) is 0 Å². The summed E-state index contributed by atoms with van der Waals surface area (Å²) in [6, 6.07) is 2.33. The Morgan fingerprint density at radius 1 is 1.41 bits per heavy atom. The normalized spacial score (nSPS) is 32.8. The summed E-state index contributed by atoms with van der Waals surface area (Å²) in [6.07, 6.45) is 5.46. The first-order valence-electron chi connectivity index (χ1n) is 6.80. The van der Waals surface area contributed by atoms with Gasteiger partial charge in [-0.15, -0.1) is 0 Å². The summed E-state index contributed by atoms with van der Waals surface area (Å²) in [5.74, 6) is 0.756. The SMILES string of the molecule is CCCC1CCC(C#N)(OC(C)C(C)O)CC1. The lowest BCUT2D eigenvalue weighted by Gasteiger charge is -2.37. The molecule has 0 bridgehead atoms. The third kappa shape index (κ3) is 3.97. The van der Waals surface area contributed by atoms with E-state index in [1.807, 2.05) is 6.92 Å². The number of aliphatic hydroxyl groups is 1. The van der Waals surface area contributed by atoms with Gasteiger partial charge in [-0.05, 0) is 45.4 Å². The van der Waals surface area contributed by atoms with Crippen LogP contribution in [0.1, 0.15) is 59.3 Å². The van der Waals surface area contributed by atoms with E-state index in [-0.39, 0.29) is 6.10 Å². The third-order valence-corrected chi connectivity index (χ3v) is 3.90. The molecule has 1 aliphatic carbocycles. The van der Waals surface area contributed by atoms with Crippen molar-refractivity contribution in [1.82, 2.24) is 0 Å². The second-order valence-corrected chi connectivity index (χ2v) is 5.40. The Morgan fingerprint density at radius 2 is 2.00 bits per heavy atom. The number of nitrogens with zero attached hydrogens (tertiary/aromatic N) is 1. The Bertz CT molecular complexity index is 262. The molecule has 0 radical (unpaired) electrons. The van der Waals surface area contributed by atoms with Gasteiger partial charge in [0.25, 0.3) is 0 Å². The molecule has 2 unspecified atom stereocenters. The number of hydrogen-bond acceptors (Lipinski definition) is 3. The fourth-order valence-corrected chi connectivity index (χ4v) is 2.55. The monoisotopic (exact) mass is 239 g/mol. The van der Waals surface area contributed by atoms with Gasteiger partial charge in [0.15, 0.2) is 5.60 Å². The van der Waals surface area contributed by atoms with Crippen molar-refractivity contribution in [1.29, 1.82) is 5.26 Å².